The largest absolute Gasteiger partial charge is 0.336 e. The second kappa shape index (κ2) is 5.69. The molecule has 0 bridgehead atoms. The zero-order valence-corrected chi connectivity index (χ0v) is 11.8. The number of aromatic nitrogens is 2. The summed E-state index contributed by atoms with van der Waals surface area (Å²) in [4.78, 5) is 11.4. The predicted octanol–water partition coefficient (Wildman–Crippen LogP) is 2.12. The zero-order valence-electron chi connectivity index (χ0n) is 11.8. The Labute approximate surface area is 119 Å². The number of urea groups is 1. The molecule has 0 saturated heterocycles. The van der Waals surface area contributed by atoms with Crippen LogP contribution >= 0.6 is 0 Å². The molecule has 1 aromatic rings. The molecule has 1 aromatic heterocycles. The predicted molar refractivity (Wildman–Crippen MR) is 77.8 cm³/mol. The summed E-state index contributed by atoms with van der Waals surface area (Å²) >= 11 is 0. The van der Waals surface area contributed by atoms with Crippen LogP contribution in [0, 0.1) is 0 Å². The first-order valence-electron chi connectivity index (χ1n) is 7.48. The molecule has 2 amide bonds. The average Bonchev–Trinajstić information content (AvgIpc) is 3.35. The quantitative estimate of drug-likeness (QED) is 0.748. The molecule has 0 unspecified atom stereocenters. The number of carbonyl (C=O) groups is 1. The molecule has 2 aliphatic carbocycles. The average molecular weight is 274 g/mol. The molecular formula is C15H22N4O. The standard InChI is InChI=1S/C15H22N4O/c1-2-7-16-15(20)17-8-9-19-14(12-5-6-12)10-13(18-19)11-3-4-11/h2,10-12H,1,3-9H2,(H2,16,17,20). The minimum Gasteiger partial charge on any atom is -0.336 e. The van der Waals surface area contributed by atoms with Crippen molar-refractivity contribution in [3.8, 4) is 0 Å². The van der Waals surface area contributed by atoms with Gasteiger partial charge < -0.3 is 10.6 Å². The lowest BCUT2D eigenvalue weighted by atomic mass is 10.2. The minimum atomic E-state index is -0.146. The number of carbonyl (C=O) groups excluding carboxylic acids is 1. The lowest BCUT2D eigenvalue weighted by Gasteiger charge is -2.08. The van der Waals surface area contributed by atoms with Crippen molar-refractivity contribution in [1.82, 2.24) is 20.4 Å². The molecule has 0 spiro atoms. The second-order valence-electron chi connectivity index (χ2n) is 5.69. The molecule has 2 fully saturated rings. The number of nitrogens with zero attached hydrogens (tertiary/aromatic N) is 2. The first-order valence-corrected chi connectivity index (χ1v) is 7.48. The summed E-state index contributed by atoms with van der Waals surface area (Å²) in [5.74, 6) is 1.39. The van der Waals surface area contributed by atoms with E-state index in [1.807, 2.05) is 0 Å². The highest BCUT2D eigenvalue weighted by Gasteiger charge is 2.32. The van der Waals surface area contributed by atoms with Crippen molar-refractivity contribution in [2.75, 3.05) is 13.1 Å². The van der Waals surface area contributed by atoms with Gasteiger partial charge >= 0.3 is 6.03 Å². The Morgan fingerprint density at radius 3 is 2.75 bits per heavy atom. The normalized spacial score (nSPS) is 17.8. The van der Waals surface area contributed by atoms with E-state index in [2.05, 4.69) is 28.0 Å². The first-order chi connectivity index (χ1) is 9.78. The van der Waals surface area contributed by atoms with E-state index < -0.39 is 0 Å². The molecule has 1 heterocycles. The third-order valence-corrected chi connectivity index (χ3v) is 3.84. The molecule has 2 aliphatic rings. The van der Waals surface area contributed by atoms with E-state index in [-0.39, 0.29) is 6.03 Å². The number of amides is 2. The van der Waals surface area contributed by atoms with Crippen molar-refractivity contribution in [3.05, 3.63) is 30.1 Å². The van der Waals surface area contributed by atoms with Crippen molar-refractivity contribution < 1.29 is 4.79 Å². The Bertz CT molecular complexity index is 500. The van der Waals surface area contributed by atoms with Crippen LogP contribution in [0.3, 0.4) is 0 Å². The first kappa shape index (κ1) is 13.2. The highest BCUT2D eigenvalue weighted by molar-refractivity contribution is 5.73. The van der Waals surface area contributed by atoms with Gasteiger partial charge in [-0.1, -0.05) is 6.08 Å². The topological polar surface area (TPSA) is 59.0 Å². The molecular weight excluding hydrogens is 252 g/mol. The maximum atomic E-state index is 11.4. The van der Waals surface area contributed by atoms with Crippen LogP contribution < -0.4 is 10.6 Å². The summed E-state index contributed by atoms with van der Waals surface area (Å²) < 4.78 is 2.10. The van der Waals surface area contributed by atoms with Crippen molar-refractivity contribution >= 4 is 6.03 Å². The van der Waals surface area contributed by atoms with Crippen LogP contribution in [-0.4, -0.2) is 28.9 Å². The van der Waals surface area contributed by atoms with Crippen molar-refractivity contribution in [1.29, 1.82) is 0 Å². The third-order valence-electron chi connectivity index (χ3n) is 3.84. The van der Waals surface area contributed by atoms with Gasteiger partial charge in [0.25, 0.3) is 0 Å². The van der Waals surface area contributed by atoms with Gasteiger partial charge in [0.2, 0.25) is 0 Å². The minimum absolute atomic E-state index is 0.146. The molecule has 3 rings (SSSR count). The summed E-state index contributed by atoms with van der Waals surface area (Å²) in [5, 5.41) is 10.3. The SMILES string of the molecule is C=CCNC(=O)NCCn1nc(C2CC2)cc1C1CC1. The van der Waals surface area contributed by atoms with Crippen molar-refractivity contribution in [2.24, 2.45) is 0 Å². The van der Waals surface area contributed by atoms with Crippen LogP contribution in [0.15, 0.2) is 18.7 Å². The lowest BCUT2D eigenvalue weighted by Crippen LogP contribution is -2.37. The summed E-state index contributed by atoms with van der Waals surface area (Å²) in [6, 6.07) is 2.14. The summed E-state index contributed by atoms with van der Waals surface area (Å²) in [5.41, 5.74) is 2.61. The van der Waals surface area contributed by atoms with Crippen molar-refractivity contribution in [3.63, 3.8) is 0 Å². The van der Waals surface area contributed by atoms with Crippen LogP contribution in [0.4, 0.5) is 4.79 Å². The summed E-state index contributed by atoms with van der Waals surface area (Å²) in [7, 11) is 0. The second-order valence-corrected chi connectivity index (χ2v) is 5.69. The Morgan fingerprint density at radius 1 is 1.35 bits per heavy atom. The van der Waals surface area contributed by atoms with Gasteiger partial charge in [0.05, 0.1) is 12.2 Å². The third kappa shape index (κ3) is 3.21. The van der Waals surface area contributed by atoms with Crippen LogP contribution in [0.1, 0.15) is 48.9 Å². The van der Waals surface area contributed by atoms with Gasteiger partial charge in [-0.2, -0.15) is 5.10 Å². The monoisotopic (exact) mass is 274 g/mol. The number of nitrogens with one attached hydrogen (secondary N) is 2. The Balaban J connectivity index is 1.53. The Morgan fingerprint density at radius 2 is 2.10 bits per heavy atom. The van der Waals surface area contributed by atoms with Gasteiger partial charge in [-0.25, -0.2) is 4.79 Å². The van der Waals surface area contributed by atoms with E-state index in [9.17, 15) is 4.79 Å². The van der Waals surface area contributed by atoms with Crippen molar-refractivity contribution in [2.45, 2.75) is 44.1 Å². The van der Waals surface area contributed by atoms with E-state index in [1.54, 1.807) is 6.08 Å². The highest BCUT2D eigenvalue weighted by atomic mass is 16.2. The van der Waals surface area contributed by atoms with Gasteiger partial charge in [-0.15, -0.1) is 6.58 Å². The van der Waals surface area contributed by atoms with Gasteiger partial charge in [-0.3, -0.25) is 4.68 Å². The number of rotatable bonds is 7. The molecule has 5 nitrogen and oxygen atoms in total. The zero-order chi connectivity index (χ0) is 13.9. The smallest absolute Gasteiger partial charge is 0.315 e. The van der Waals surface area contributed by atoms with Gasteiger partial charge in [0, 0.05) is 30.6 Å². The maximum Gasteiger partial charge on any atom is 0.315 e. The Hall–Kier alpha value is -1.78. The molecule has 0 aromatic carbocycles. The molecule has 0 atom stereocenters. The van der Waals surface area contributed by atoms with E-state index in [0.29, 0.717) is 24.9 Å². The van der Waals surface area contributed by atoms with E-state index >= 15 is 0 Å². The fourth-order valence-electron chi connectivity index (χ4n) is 2.42. The maximum absolute atomic E-state index is 11.4. The Kier molecular flexibility index (Phi) is 3.76. The molecule has 5 heteroatoms. The van der Waals surface area contributed by atoms with E-state index in [1.165, 1.54) is 37.1 Å². The fourth-order valence-corrected chi connectivity index (χ4v) is 2.42. The molecule has 2 saturated carbocycles. The van der Waals surface area contributed by atoms with E-state index in [4.69, 9.17) is 5.10 Å². The van der Waals surface area contributed by atoms with Crippen LogP contribution in [0.2, 0.25) is 0 Å². The van der Waals surface area contributed by atoms with Gasteiger partial charge in [0.15, 0.2) is 0 Å². The number of hydrogen-bond acceptors (Lipinski definition) is 2. The van der Waals surface area contributed by atoms with Gasteiger partial charge in [-0.05, 0) is 31.7 Å². The summed E-state index contributed by atoms with van der Waals surface area (Å²) in [6.07, 6.45) is 6.79. The summed E-state index contributed by atoms with van der Waals surface area (Å²) in [6.45, 7) is 5.42. The van der Waals surface area contributed by atoms with E-state index in [0.717, 1.165) is 6.54 Å². The van der Waals surface area contributed by atoms with Gasteiger partial charge in [0.1, 0.15) is 0 Å². The molecule has 0 radical (unpaired) electrons. The van der Waals surface area contributed by atoms with Crippen LogP contribution in [-0.2, 0) is 6.54 Å². The molecule has 2 N–H and O–H groups in total. The molecule has 20 heavy (non-hydrogen) atoms. The molecule has 108 valence electrons. The molecule has 0 aliphatic heterocycles. The lowest BCUT2D eigenvalue weighted by molar-refractivity contribution is 0.241. The van der Waals surface area contributed by atoms with Crippen LogP contribution in [0.5, 0.6) is 0 Å². The fraction of sp³-hybridized carbons (Fsp3) is 0.600. The highest BCUT2D eigenvalue weighted by Crippen LogP contribution is 2.44. The number of hydrogen-bond donors (Lipinski definition) is 2. The van der Waals surface area contributed by atoms with Crippen LogP contribution in [0.25, 0.3) is 0 Å².